The van der Waals surface area contributed by atoms with E-state index in [-0.39, 0.29) is 35.9 Å². The van der Waals surface area contributed by atoms with Gasteiger partial charge >= 0.3 is 0 Å². The van der Waals surface area contributed by atoms with Gasteiger partial charge in [-0.15, -0.1) is 0 Å². The molecular weight excluding hydrogens is 705 g/mol. The summed E-state index contributed by atoms with van der Waals surface area (Å²) in [7, 11) is -8.70. The molecular formula is C39H44N2O9S2. The maximum atomic E-state index is 12.2. The Morgan fingerprint density at radius 2 is 1.29 bits per heavy atom. The van der Waals surface area contributed by atoms with Gasteiger partial charge in [0.05, 0.1) is 29.3 Å². The Hall–Kier alpha value is -4.50. The summed E-state index contributed by atoms with van der Waals surface area (Å²) in [6.45, 7) is 5.29. The van der Waals surface area contributed by atoms with Gasteiger partial charge in [0, 0.05) is 31.1 Å². The number of allylic oxidation sites excluding steroid dienone is 2. The van der Waals surface area contributed by atoms with E-state index in [4.69, 9.17) is 9.47 Å². The third-order valence-electron chi connectivity index (χ3n) is 9.81. The van der Waals surface area contributed by atoms with Crippen LogP contribution < -0.4 is 19.3 Å². The Kier molecular flexibility index (Phi) is 11.6. The van der Waals surface area contributed by atoms with Crippen LogP contribution >= 0.6 is 0 Å². The Balaban J connectivity index is 0.00000523. The molecule has 3 unspecified atom stereocenters. The number of nitrogens with one attached hydrogen (secondary N) is 1. The van der Waals surface area contributed by atoms with Gasteiger partial charge in [-0.3, -0.25) is 9.11 Å². The lowest BCUT2D eigenvalue weighted by Crippen LogP contribution is -2.57. The van der Waals surface area contributed by atoms with Gasteiger partial charge in [0.25, 0.3) is 26.5 Å². The number of hydrogen-bond donors (Lipinski definition) is 3. The summed E-state index contributed by atoms with van der Waals surface area (Å²) in [5, 5.41) is 1.21. The molecule has 0 radical (unpaired) electrons. The van der Waals surface area contributed by atoms with Crippen molar-refractivity contribution < 1.29 is 40.9 Å². The predicted octanol–water partition coefficient (Wildman–Crippen LogP) is 7.88. The summed E-state index contributed by atoms with van der Waals surface area (Å²) >= 11 is 0. The van der Waals surface area contributed by atoms with Crippen LogP contribution in [0.1, 0.15) is 40.0 Å². The molecule has 0 fully saturated rings. The fourth-order valence-corrected chi connectivity index (χ4v) is 7.34. The summed E-state index contributed by atoms with van der Waals surface area (Å²) in [6.07, 6.45) is 3.89. The number of benzene rings is 4. The molecule has 4 aromatic carbocycles. The summed E-state index contributed by atoms with van der Waals surface area (Å²) in [4.78, 5) is 0. The van der Waals surface area contributed by atoms with Crippen LogP contribution in [-0.4, -0.2) is 61.2 Å². The van der Waals surface area contributed by atoms with E-state index in [1.165, 1.54) is 13.8 Å². The van der Waals surface area contributed by atoms with Crippen molar-refractivity contribution in [2.24, 2.45) is 0 Å². The number of hydrogen-bond acceptors (Lipinski definition) is 8. The van der Waals surface area contributed by atoms with Crippen LogP contribution in [0, 0.1) is 0 Å². The Morgan fingerprint density at radius 1 is 0.769 bits per heavy atom. The average Bonchev–Trinajstić information content (AvgIpc) is 3.66. The largest absolute Gasteiger partial charge is 0.870 e. The van der Waals surface area contributed by atoms with Gasteiger partial charge in [-0.2, -0.15) is 16.8 Å². The van der Waals surface area contributed by atoms with Crippen LogP contribution in [0.5, 0.6) is 11.5 Å². The molecule has 4 N–H and O–H groups in total. The van der Waals surface area contributed by atoms with E-state index in [1.54, 1.807) is 0 Å². The molecule has 2 aliphatic rings. The molecule has 0 amide bonds. The molecule has 4 aromatic rings. The SMILES string of the molecule is CCC(=CC1Oc2ccc(-c3ccccc3)cc2[N+]1(CCC(C)S(=O)(=O)O)CCC(C)S(=O)(=O)O)C=C1Nc2cc(-c3ccccc3)ccc2O1.[OH-]. The zero-order valence-electron chi connectivity index (χ0n) is 29.2. The van der Waals surface area contributed by atoms with Crippen LogP contribution in [-0.2, 0) is 20.2 Å². The third-order valence-corrected chi connectivity index (χ3v) is 12.3. The monoisotopic (exact) mass is 748 g/mol. The second-order valence-corrected chi connectivity index (χ2v) is 16.8. The van der Waals surface area contributed by atoms with Gasteiger partial charge in [0.2, 0.25) is 0 Å². The standard InChI is InChI=1S/C39H42N2O8S2.H2O/c1-4-29(23-38-40-34-25-32(15-17-36(34)48-38)30-11-7-5-8-12-30)24-39-41(21-19-27(2)50(42,43)44,22-20-28(3)51(45,46)47)35-26-33(16-18-37(35)49-39)31-13-9-6-10-14-31;/h5-18,23-28,39-40H,4,19-22H2,1-3H3,(H-,42,43,44,45,46,47);1H2. The normalized spacial score (nSPS) is 20.1. The van der Waals surface area contributed by atoms with Gasteiger partial charge in [-0.1, -0.05) is 79.7 Å². The van der Waals surface area contributed by atoms with Crippen LogP contribution in [0.15, 0.2) is 121 Å². The zero-order chi connectivity index (χ0) is 36.4. The maximum absolute atomic E-state index is 12.2. The number of quaternary nitrogens is 1. The lowest BCUT2D eigenvalue weighted by Gasteiger charge is -2.38. The van der Waals surface area contributed by atoms with Crippen molar-refractivity contribution in [3.63, 3.8) is 0 Å². The van der Waals surface area contributed by atoms with Crippen molar-refractivity contribution in [3.8, 4) is 33.8 Å². The van der Waals surface area contributed by atoms with E-state index in [9.17, 15) is 25.9 Å². The van der Waals surface area contributed by atoms with Crippen molar-refractivity contribution in [1.82, 2.24) is 4.48 Å². The Labute approximate surface area is 305 Å². The van der Waals surface area contributed by atoms with Gasteiger partial charge in [-0.25, -0.2) is 4.48 Å². The zero-order valence-corrected chi connectivity index (χ0v) is 30.8. The molecule has 11 nitrogen and oxygen atoms in total. The van der Waals surface area contributed by atoms with Crippen molar-refractivity contribution in [3.05, 3.63) is 121 Å². The molecule has 3 atom stereocenters. The Bertz CT molecular complexity index is 2130. The summed E-state index contributed by atoms with van der Waals surface area (Å²) in [5.74, 6) is 1.80. The second kappa shape index (κ2) is 15.6. The van der Waals surface area contributed by atoms with Crippen molar-refractivity contribution in [2.75, 3.05) is 18.4 Å². The van der Waals surface area contributed by atoms with Gasteiger partial charge in [-0.05, 0) is 66.3 Å². The highest BCUT2D eigenvalue weighted by molar-refractivity contribution is 7.86. The smallest absolute Gasteiger partial charge is 0.267 e. The molecule has 0 saturated carbocycles. The number of rotatable bonds is 13. The molecule has 6 rings (SSSR count). The number of anilines is 1. The minimum Gasteiger partial charge on any atom is -0.870 e. The van der Waals surface area contributed by atoms with E-state index >= 15 is 0 Å². The lowest BCUT2D eigenvalue weighted by atomic mass is 10.0. The van der Waals surface area contributed by atoms with Gasteiger partial charge < -0.3 is 20.3 Å². The second-order valence-electron chi connectivity index (χ2n) is 13.2. The topological polar surface area (TPSA) is 169 Å². The first-order chi connectivity index (χ1) is 24.3. The number of ether oxygens (including phenoxy) is 2. The minimum atomic E-state index is -4.35. The lowest BCUT2D eigenvalue weighted by molar-refractivity contribution is 0.102. The maximum Gasteiger partial charge on any atom is 0.267 e. The fourth-order valence-electron chi connectivity index (χ4n) is 6.54. The van der Waals surface area contributed by atoms with E-state index < -0.39 is 37.0 Å². The van der Waals surface area contributed by atoms with E-state index in [2.05, 4.69) is 5.32 Å². The van der Waals surface area contributed by atoms with Crippen molar-refractivity contribution in [2.45, 2.75) is 56.8 Å². The summed E-state index contributed by atoms with van der Waals surface area (Å²) < 4.78 is 81.4. The molecule has 0 bridgehead atoms. The van der Waals surface area contributed by atoms with Crippen LogP contribution in [0.2, 0.25) is 0 Å². The first kappa shape index (κ1) is 38.7. The van der Waals surface area contributed by atoms with Gasteiger partial charge in [0.15, 0.2) is 23.1 Å². The van der Waals surface area contributed by atoms with E-state index in [0.29, 0.717) is 23.8 Å². The average molecular weight is 749 g/mol. The van der Waals surface area contributed by atoms with E-state index in [0.717, 1.165) is 39.2 Å². The molecule has 13 heteroatoms. The first-order valence-corrected chi connectivity index (χ1v) is 20.0. The highest BCUT2D eigenvalue weighted by Crippen LogP contribution is 2.47. The van der Waals surface area contributed by atoms with Gasteiger partial charge in [0.1, 0.15) is 0 Å². The number of nitrogens with zero attached hydrogens (tertiary/aromatic N) is 1. The predicted molar refractivity (Wildman–Crippen MR) is 204 cm³/mol. The van der Waals surface area contributed by atoms with Crippen LogP contribution in [0.4, 0.5) is 11.4 Å². The van der Waals surface area contributed by atoms with E-state index in [1.807, 2.05) is 116 Å². The summed E-state index contributed by atoms with van der Waals surface area (Å²) in [5.41, 5.74) is 6.45. The molecule has 0 aliphatic carbocycles. The molecule has 2 aliphatic heterocycles. The molecule has 276 valence electrons. The van der Waals surface area contributed by atoms with Crippen molar-refractivity contribution >= 4 is 31.6 Å². The van der Waals surface area contributed by atoms with Crippen LogP contribution in [0.3, 0.4) is 0 Å². The molecule has 52 heavy (non-hydrogen) atoms. The molecule has 0 aromatic heterocycles. The third kappa shape index (κ3) is 8.41. The summed E-state index contributed by atoms with van der Waals surface area (Å²) in [6, 6.07) is 31.7. The minimum absolute atomic E-state index is 0. The molecule has 2 heterocycles. The Morgan fingerprint density at radius 3 is 1.81 bits per heavy atom. The van der Waals surface area contributed by atoms with Crippen molar-refractivity contribution in [1.29, 1.82) is 0 Å². The molecule has 0 spiro atoms. The highest BCUT2D eigenvalue weighted by Gasteiger charge is 2.49. The fraction of sp³-hybridized carbons (Fsp3) is 0.282. The van der Waals surface area contributed by atoms with Crippen LogP contribution in [0.25, 0.3) is 22.3 Å². The highest BCUT2D eigenvalue weighted by atomic mass is 32.2. The molecule has 0 saturated heterocycles. The quantitative estimate of drug-likeness (QED) is 0.0903. The number of fused-ring (bicyclic) bond motifs is 2. The first-order valence-electron chi connectivity index (χ1n) is 17.0.